The van der Waals surface area contributed by atoms with Crippen molar-refractivity contribution in [3.63, 3.8) is 0 Å². The zero-order valence-corrected chi connectivity index (χ0v) is 9.85. The Morgan fingerprint density at radius 3 is 2.72 bits per heavy atom. The third kappa shape index (κ3) is 2.98. The lowest BCUT2D eigenvalue weighted by Gasteiger charge is -2.14. The number of hydrogen-bond donors (Lipinski definition) is 3. The van der Waals surface area contributed by atoms with E-state index in [2.05, 4.69) is 10.6 Å². The van der Waals surface area contributed by atoms with Gasteiger partial charge in [0.05, 0.1) is 6.10 Å². The van der Waals surface area contributed by atoms with Gasteiger partial charge in [0.15, 0.2) is 6.10 Å². The highest BCUT2D eigenvalue weighted by molar-refractivity contribution is 5.90. The lowest BCUT2D eigenvalue weighted by Crippen LogP contribution is -2.44. The van der Waals surface area contributed by atoms with Gasteiger partial charge in [0, 0.05) is 13.0 Å². The number of carboxylic acid groups (broad SMARTS) is 1. The first kappa shape index (κ1) is 12.8. The minimum atomic E-state index is -0.966. The summed E-state index contributed by atoms with van der Waals surface area (Å²) in [5.41, 5.74) is 0. The van der Waals surface area contributed by atoms with Crippen LogP contribution < -0.4 is 10.6 Å². The molecule has 0 bridgehead atoms. The molecule has 2 fully saturated rings. The van der Waals surface area contributed by atoms with Crippen LogP contribution in [0.1, 0.15) is 25.7 Å². The summed E-state index contributed by atoms with van der Waals surface area (Å²) >= 11 is 0. The molecule has 2 saturated heterocycles. The van der Waals surface area contributed by atoms with Crippen molar-refractivity contribution in [3.05, 3.63) is 0 Å². The Kier molecular flexibility index (Phi) is 3.81. The Labute approximate surface area is 104 Å². The number of amides is 2. The van der Waals surface area contributed by atoms with E-state index in [-0.39, 0.29) is 24.5 Å². The van der Waals surface area contributed by atoms with Gasteiger partial charge >= 0.3 is 5.97 Å². The van der Waals surface area contributed by atoms with Gasteiger partial charge in [-0.3, -0.25) is 9.59 Å². The van der Waals surface area contributed by atoms with Gasteiger partial charge in [0.2, 0.25) is 11.8 Å². The molecule has 2 amide bonds. The number of aliphatic carboxylic acids is 1. The van der Waals surface area contributed by atoms with Crippen LogP contribution in [-0.4, -0.2) is 47.7 Å². The summed E-state index contributed by atoms with van der Waals surface area (Å²) in [6, 6.07) is -0.464. The third-order valence-electron chi connectivity index (χ3n) is 3.20. The average Bonchev–Trinajstić information content (AvgIpc) is 2.94. The maximum atomic E-state index is 11.7. The zero-order chi connectivity index (χ0) is 13.1. The number of carboxylic acids is 1. The Morgan fingerprint density at radius 1 is 1.39 bits per heavy atom. The molecule has 7 nitrogen and oxygen atoms in total. The van der Waals surface area contributed by atoms with Crippen LogP contribution in [0.4, 0.5) is 0 Å². The van der Waals surface area contributed by atoms with Crippen LogP contribution in [-0.2, 0) is 19.1 Å². The van der Waals surface area contributed by atoms with Crippen LogP contribution >= 0.6 is 0 Å². The summed E-state index contributed by atoms with van der Waals surface area (Å²) < 4.78 is 5.26. The molecule has 100 valence electrons. The van der Waals surface area contributed by atoms with Gasteiger partial charge in [0.1, 0.15) is 6.04 Å². The second-order valence-electron chi connectivity index (χ2n) is 4.57. The lowest BCUT2D eigenvalue weighted by molar-refractivity contribution is -0.149. The van der Waals surface area contributed by atoms with Crippen molar-refractivity contribution in [1.82, 2.24) is 10.6 Å². The highest BCUT2D eigenvalue weighted by Gasteiger charge is 2.32. The molecule has 18 heavy (non-hydrogen) atoms. The van der Waals surface area contributed by atoms with Gasteiger partial charge in [-0.2, -0.15) is 0 Å². The molecule has 0 aromatic rings. The minimum Gasteiger partial charge on any atom is -0.479 e. The fraction of sp³-hybridized carbons (Fsp3) is 0.727. The first-order valence-corrected chi connectivity index (χ1v) is 6.01. The molecule has 0 saturated carbocycles. The normalized spacial score (nSPS) is 31.1. The van der Waals surface area contributed by atoms with E-state index in [0.717, 1.165) is 0 Å². The van der Waals surface area contributed by atoms with Crippen LogP contribution in [0.25, 0.3) is 0 Å². The number of hydrogen-bond acceptors (Lipinski definition) is 4. The maximum absolute atomic E-state index is 11.7. The van der Waals surface area contributed by atoms with Crippen molar-refractivity contribution < 1.29 is 24.2 Å². The van der Waals surface area contributed by atoms with E-state index in [1.165, 1.54) is 0 Å². The van der Waals surface area contributed by atoms with Gasteiger partial charge in [-0.05, 0) is 19.3 Å². The van der Waals surface area contributed by atoms with Crippen LogP contribution in [0, 0.1) is 0 Å². The molecule has 2 rings (SSSR count). The predicted molar refractivity (Wildman–Crippen MR) is 59.7 cm³/mol. The van der Waals surface area contributed by atoms with E-state index in [1.54, 1.807) is 0 Å². The minimum absolute atomic E-state index is 0.113. The molecule has 2 heterocycles. The highest BCUT2D eigenvalue weighted by Crippen LogP contribution is 2.19. The van der Waals surface area contributed by atoms with Crippen LogP contribution in [0.2, 0.25) is 0 Å². The molecular formula is C11H16N2O5. The molecule has 0 aromatic heterocycles. The largest absolute Gasteiger partial charge is 0.479 e. The number of carbonyl (C=O) groups is 3. The second kappa shape index (κ2) is 5.34. The smallest absolute Gasteiger partial charge is 0.332 e. The average molecular weight is 256 g/mol. The maximum Gasteiger partial charge on any atom is 0.332 e. The SMILES string of the molecule is O=C1CC[C@@H](C(=O)NCC2CCC(C(=O)O)O2)N1. The molecule has 0 aromatic carbocycles. The van der Waals surface area contributed by atoms with Crippen LogP contribution in [0.3, 0.4) is 0 Å². The monoisotopic (exact) mass is 256 g/mol. The Morgan fingerprint density at radius 2 is 2.17 bits per heavy atom. The van der Waals surface area contributed by atoms with Crippen molar-refractivity contribution >= 4 is 17.8 Å². The number of carbonyl (C=O) groups excluding carboxylic acids is 2. The molecule has 0 spiro atoms. The first-order valence-electron chi connectivity index (χ1n) is 6.01. The molecular weight excluding hydrogens is 240 g/mol. The molecule has 3 N–H and O–H groups in total. The molecule has 2 aliphatic rings. The molecule has 0 radical (unpaired) electrons. The van der Waals surface area contributed by atoms with E-state index >= 15 is 0 Å². The van der Waals surface area contributed by atoms with Crippen molar-refractivity contribution in [3.8, 4) is 0 Å². The molecule has 2 aliphatic heterocycles. The molecule has 2 unspecified atom stereocenters. The van der Waals surface area contributed by atoms with Crippen LogP contribution in [0.15, 0.2) is 0 Å². The van der Waals surface area contributed by atoms with Crippen molar-refractivity contribution in [1.29, 1.82) is 0 Å². The quantitative estimate of drug-likeness (QED) is 0.599. The number of rotatable bonds is 4. The molecule has 7 heteroatoms. The highest BCUT2D eigenvalue weighted by atomic mass is 16.5. The van der Waals surface area contributed by atoms with Gasteiger partial charge in [-0.15, -0.1) is 0 Å². The predicted octanol–water partition coefficient (Wildman–Crippen LogP) is -0.987. The number of nitrogens with one attached hydrogen (secondary N) is 2. The molecule has 3 atom stereocenters. The number of ether oxygens (including phenoxy) is 1. The summed E-state index contributed by atoms with van der Waals surface area (Å²) in [5, 5.41) is 14.0. The Balaban J connectivity index is 1.71. The Bertz CT molecular complexity index is 370. The van der Waals surface area contributed by atoms with E-state index in [4.69, 9.17) is 9.84 Å². The van der Waals surface area contributed by atoms with E-state index in [1.807, 2.05) is 0 Å². The summed E-state index contributed by atoms with van der Waals surface area (Å²) in [7, 11) is 0. The van der Waals surface area contributed by atoms with Crippen LogP contribution in [0.5, 0.6) is 0 Å². The second-order valence-corrected chi connectivity index (χ2v) is 4.57. The summed E-state index contributed by atoms with van der Waals surface area (Å²) in [4.78, 5) is 33.3. The van der Waals surface area contributed by atoms with Gasteiger partial charge in [-0.25, -0.2) is 4.79 Å². The van der Waals surface area contributed by atoms with Gasteiger partial charge in [-0.1, -0.05) is 0 Å². The zero-order valence-electron chi connectivity index (χ0n) is 9.85. The standard InChI is InChI=1S/C11H16N2O5/c14-9-4-2-7(13-9)10(15)12-5-6-1-3-8(18-6)11(16)17/h6-8H,1-5H2,(H,12,15)(H,13,14)(H,16,17)/t6?,7-,8?/m0/s1. The van der Waals surface area contributed by atoms with Crippen molar-refractivity contribution in [2.24, 2.45) is 0 Å². The Hall–Kier alpha value is -1.63. The van der Waals surface area contributed by atoms with Crippen molar-refractivity contribution in [2.45, 2.75) is 43.9 Å². The van der Waals surface area contributed by atoms with E-state index in [0.29, 0.717) is 25.7 Å². The van der Waals surface area contributed by atoms with Gasteiger partial charge in [0.25, 0.3) is 0 Å². The van der Waals surface area contributed by atoms with Crippen molar-refractivity contribution in [2.75, 3.05) is 6.54 Å². The molecule has 0 aliphatic carbocycles. The van der Waals surface area contributed by atoms with E-state index < -0.39 is 18.1 Å². The third-order valence-corrected chi connectivity index (χ3v) is 3.20. The van der Waals surface area contributed by atoms with Gasteiger partial charge < -0.3 is 20.5 Å². The fourth-order valence-corrected chi connectivity index (χ4v) is 2.19. The topological polar surface area (TPSA) is 105 Å². The fourth-order valence-electron chi connectivity index (χ4n) is 2.19. The first-order chi connectivity index (χ1) is 8.56. The lowest BCUT2D eigenvalue weighted by atomic mass is 10.2. The summed E-state index contributed by atoms with van der Waals surface area (Å²) in [6.07, 6.45) is 0.947. The van der Waals surface area contributed by atoms with E-state index in [9.17, 15) is 14.4 Å². The summed E-state index contributed by atoms with van der Waals surface area (Å²) in [6.45, 7) is 0.287. The summed E-state index contributed by atoms with van der Waals surface area (Å²) in [5.74, 6) is -1.31.